The molecule has 146 valence electrons. The van der Waals surface area contributed by atoms with E-state index in [-0.39, 0.29) is 23.0 Å². The fourth-order valence-electron chi connectivity index (χ4n) is 2.74. The van der Waals surface area contributed by atoms with E-state index in [9.17, 15) is 13.2 Å². The van der Waals surface area contributed by atoms with Gasteiger partial charge < -0.3 is 18.8 Å². The molecule has 0 unspecified atom stereocenters. The minimum Gasteiger partial charge on any atom is -0.468 e. The number of carbonyl (C=O) groups is 1. The summed E-state index contributed by atoms with van der Waals surface area (Å²) in [6.07, 6.45) is 0. The summed E-state index contributed by atoms with van der Waals surface area (Å²) in [4.78, 5) is 12.1. The van der Waals surface area contributed by atoms with Crippen molar-refractivity contribution < 1.29 is 27.4 Å². The average molecular weight is 420 g/mol. The normalized spacial score (nSPS) is 13.9. The van der Waals surface area contributed by atoms with Gasteiger partial charge in [-0.3, -0.25) is 4.79 Å². The summed E-state index contributed by atoms with van der Waals surface area (Å²) < 4.78 is 47.2. The molecule has 0 radical (unpaired) electrons. The number of aryl methyl sites for hydroxylation is 1. The van der Waals surface area contributed by atoms with Crippen molar-refractivity contribution in [1.82, 2.24) is 4.57 Å². The molecule has 8 nitrogen and oxygen atoms in total. The predicted molar refractivity (Wildman–Crippen MR) is 102 cm³/mol. The minimum absolute atomic E-state index is 0.0781. The van der Waals surface area contributed by atoms with E-state index < -0.39 is 16.0 Å². The van der Waals surface area contributed by atoms with Crippen molar-refractivity contribution in [1.29, 1.82) is 0 Å². The van der Waals surface area contributed by atoms with Crippen LogP contribution in [-0.2, 0) is 26.1 Å². The standard InChI is InChI=1S/C18H16N2O6S2/c1-11-3-5-12(6-4-11)28(22,23)19-18-20(9-17(21)24-2)13-7-14-15(26-10-25-14)8-16(13)27-18/h3-8H,9-10H2,1-2H3. The zero-order valence-electron chi connectivity index (χ0n) is 15.0. The largest absolute Gasteiger partial charge is 0.468 e. The van der Waals surface area contributed by atoms with Crippen LogP contribution in [-0.4, -0.2) is 32.9 Å². The molecule has 1 aromatic heterocycles. The van der Waals surface area contributed by atoms with Gasteiger partial charge >= 0.3 is 5.97 Å². The molecule has 2 heterocycles. The molecular weight excluding hydrogens is 404 g/mol. The van der Waals surface area contributed by atoms with E-state index in [0.29, 0.717) is 21.7 Å². The van der Waals surface area contributed by atoms with Crippen molar-refractivity contribution >= 4 is 37.5 Å². The third-order valence-electron chi connectivity index (χ3n) is 4.21. The Balaban J connectivity index is 1.92. The van der Waals surface area contributed by atoms with Crippen molar-refractivity contribution in [2.75, 3.05) is 13.9 Å². The van der Waals surface area contributed by atoms with Crippen LogP contribution in [0.2, 0.25) is 0 Å². The fraction of sp³-hybridized carbons (Fsp3) is 0.222. The highest BCUT2D eigenvalue weighted by Gasteiger charge is 2.20. The zero-order valence-corrected chi connectivity index (χ0v) is 16.7. The van der Waals surface area contributed by atoms with Crippen molar-refractivity contribution in [3.63, 3.8) is 0 Å². The molecule has 28 heavy (non-hydrogen) atoms. The molecule has 0 bridgehead atoms. The van der Waals surface area contributed by atoms with Crippen molar-refractivity contribution in [3.05, 3.63) is 46.8 Å². The van der Waals surface area contributed by atoms with Crippen LogP contribution >= 0.6 is 11.3 Å². The molecule has 2 aromatic carbocycles. The zero-order chi connectivity index (χ0) is 19.9. The number of sulfonamides is 1. The van der Waals surface area contributed by atoms with Gasteiger partial charge in [0.1, 0.15) is 6.54 Å². The van der Waals surface area contributed by atoms with Gasteiger partial charge in [0.25, 0.3) is 10.0 Å². The minimum atomic E-state index is -3.95. The lowest BCUT2D eigenvalue weighted by molar-refractivity contribution is -0.141. The Labute approximate surface area is 164 Å². The molecule has 10 heteroatoms. The molecule has 0 spiro atoms. The number of rotatable bonds is 4. The number of ether oxygens (including phenoxy) is 3. The number of nitrogens with zero attached hydrogens (tertiary/aromatic N) is 2. The van der Waals surface area contributed by atoms with Crippen LogP contribution in [0, 0.1) is 6.92 Å². The maximum atomic E-state index is 12.8. The van der Waals surface area contributed by atoms with Gasteiger partial charge in [-0.25, -0.2) is 0 Å². The monoisotopic (exact) mass is 420 g/mol. The van der Waals surface area contributed by atoms with Gasteiger partial charge in [0, 0.05) is 12.1 Å². The fourth-order valence-corrected chi connectivity index (χ4v) is 4.98. The van der Waals surface area contributed by atoms with E-state index in [1.165, 1.54) is 23.8 Å². The van der Waals surface area contributed by atoms with Crippen LogP contribution in [0.5, 0.6) is 11.5 Å². The van der Waals surface area contributed by atoms with Gasteiger partial charge in [-0.05, 0) is 19.1 Å². The third-order valence-corrected chi connectivity index (χ3v) is 6.65. The molecule has 0 saturated heterocycles. The highest BCUT2D eigenvalue weighted by Crippen LogP contribution is 2.37. The van der Waals surface area contributed by atoms with E-state index >= 15 is 0 Å². The molecule has 0 atom stereocenters. The van der Waals surface area contributed by atoms with E-state index in [0.717, 1.165) is 16.9 Å². The highest BCUT2D eigenvalue weighted by atomic mass is 32.2. The van der Waals surface area contributed by atoms with Crippen molar-refractivity contribution in [2.45, 2.75) is 18.4 Å². The Bertz CT molecular complexity index is 1240. The molecule has 0 saturated carbocycles. The van der Waals surface area contributed by atoms with Crippen LogP contribution in [0.4, 0.5) is 0 Å². The Morgan fingerprint density at radius 3 is 2.57 bits per heavy atom. The molecule has 0 amide bonds. The number of aromatic nitrogens is 1. The van der Waals surface area contributed by atoms with E-state index in [1.54, 1.807) is 24.3 Å². The van der Waals surface area contributed by atoms with Crippen LogP contribution < -0.4 is 14.3 Å². The molecule has 1 aliphatic rings. The van der Waals surface area contributed by atoms with E-state index in [1.807, 2.05) is 6.92 Å². The lowest BCUT2D eigenvalue weighted by atomic mass is 10.2. The lowest BCUT2D eigenvalue weighted by Crippen LogP contribution is -2.22. The maximum absolute atomic E-state index is 12.8. The van der Waals surface area contributed by atoms with Crippen LogP contribution in [0.25, 0.3) is 10.2 Å². The number of hydrogen-bond donors (Lipinski definition) is 0. The van der Waals surface area contributed by atoms with Gasteiger partial charge in [-0.2, -0.15) is 8.42 Å². The Kier molecular flexibility index (Phi) is 4.60. The average Bonchev–Trinajstić information content (AvgIpc) is 3.24. The first kappa shape index (κ1) is 18.5. The first-order chi connectivity index (χ1) is 13.4. The second-order valence-electron chi connectivity index (χ2n) is 6.10. The molecule has 4 rings (SSSR count). The smallest absolute Gasteiger partial charge is 0.325 e. The topological polar surface area (TPSA) is 96.2 Å². The van der Waals surface area contributed by atoms with Crippen molar-refractivity contribution in [3.8, 4) is 11.5 Å². The summed E-state index contributed by atoms with van der Waals surface area (Å²) in [6, 6.07) is 9.86. The van der Waals surface area contributed by atoms with Crippen LogP contribution in [0.3, 0.4) is 0 Å². The molecular formula is C18H16N2O6S2. The number of hydrogen-bond acceptors (Lipinski definition) is 7. The van der Waals surface area contributed by atoms with Gasteiger partial charge in [0.05, 0.1) is 22.2 Å². The molecule has 3 aromatic rings. The Morgan fingerprint density at radius 1 is 1.21 bits per heavy atom. The van der Waals surface area contributed by atoms with Crippen LogP contribution in [0.15, 0.2) is 45.7 Å². The molecule has 0 fully saturated rings. The summed E-state index contributed by atoms with van der Waals surface area (Å²) in [7, 11) is -2.68. The number of esters is 1. The van der Waals surface area contributed by atoms with Gasteiger partial charge in [0.2, 0.25) is 11.6 Å². The second kappa shape index (κ2) is 6.95. The number of benzene rings is 2. The molecule has 0 aliphatic carbocycles. The van der Waals surface area contributed by atoms with E-state index in [2.05, 4.69) is 4.40 Å². The molecule has 1 aliphatic heterocycles. The summed E-state index contributed by atoms with van der Waals surface area (Å²) >= 11 is 1.14. The quantitative estimate of drug-likeness (QED) is 0.601. The van der Waals surface area contributed by atoms with Crippen LogP contribution in [0.1, 0.15) is 5.56 Å². The first-order valence-electron chi connectivity index (χ1n) is 8.25. The number of methoxy groups -OCH3 is 1. The van der Waals surface area contributed by atoms with Gasteiger partial charge in [0.15, 0.2) is 11.5 Å². The maximum Gasteiger partial charge on any atom is 0.325 e. The summed E-state index contributed by atoms with van der Waals surface area (Å²) in [5.74, 6) is 0.565. The summed E-state index contributed by atoms with van der Waals surface area (Å²) in [5, 5.41) is 0. The number of fused-ring (bicyclic) bond motifs is 2. The molecule has 0 N–H and O–H groups in total. The number of carbonyl (C=O) groups excluding carboxylic acids is 1. The van der Waals surface area contributed by atoms with Gasteiger partial charge in [-0.15, -0.1) is 4.40 Å². The SMILES string of the molecule is COC(=O)Cn1c(=NS(=O)(=O)c2ccc(C)cc2)sc2cc3c(cc21)OCO3. The van der Waals surface area contributed by atoms with E-state index in [4.69, 9.17) is 14.2 Å². The Hall–Kier alpha value is -2.85. The second-order valence-corrected chi connectivity index (χ2v) is 8.71. The highest BCUT2D eigenvalue weighted by molar-refractivity contribution is 7.90. The Morgan fingerprint density at radius 2 is 1.89 bits per heavy atom. The van der Waals surface area contributed by atoms with Gasteiger partial charge in [-0.1, -0.05) is 29.0 Å². The predicted octanol–water partition coefficient (Wildman–Crippen LogP) is 2.20. The summed E-state index contributed by atoms with van der Waals surface area (Å²) in [6.45, 7) is 1.80. The third kappa shape index (κ3) is 3.36. The summed E-state index contributed by atoms with van der Waals surface area (Å²) in [5.41, 5.74) is 1.55. The van der Waals surface area contributed by atoms with Crippen molar-refractivity contribution in [2.24, 2.45) is 4.40 Å². The number of thiazole rings is 1. The lowest BCUT2D eigenvalue weighted by Gasteiger charge is -2.05. The first-order valence-corrected chi connectivity index (χ1v) is 10.5.